The molecule has 1 aliphatic rings. The first-order chi connectivity index (χ1) is 8.83. The molecule has 0 N–H and O–H groups in total. The van der Waals surface area contributed by atoms with E-state index in [0.29, 0.717) is 6.04 Å². The summed E-state index contributed by atoms with van der Waals surface area (Å²) in [6, 6.07) is 4.89. The number of rotatable bonds is 3. The van der Waals surface area contributed by atoms with Crippen molar-refractivity contribution in [3.8, 4) is 0 Å². The summed E-state index contributed by atoms with van der Waals surface area (Å²) in [6.07, 6.45) is 7.89. The van der Waals surface area contributed by atoms with Gasteiger partial charge >= 0.3 is 0 Å². The molecule has 0 radical (unpaired) electrons. The van der Waals surface area contributed by atoms with Crippen molar-refractivity contribution in [3.05, 3.63) is 46.2 Å². The lowest BCUT2D eigenvalue weighted by Crippen LogP contribution is -2.23. The van der Waals surface area contributed by atoms with Gasteiger partial charge in [-0.2, -0.15) is 0 Å². The van der Waals surface area contributed by atoms with Gasteiger partial charge in [-0.25, -0.2) is 0 Å². The van der Waals surface area contributed by atoms with Crippen LogP contribution in [0.1, 0.15) is 34.3 Å². The smallest absolute Gasteiger partial charge is 0.0758 e. The minimum Gasteiger partial charge on any atom is -0.290 e. The Balaban J connectivity index is 1.75. The minimum absolute atomic E-state index is 0.445. The molecule has 1 fully saturated rings. The lowest BCUT2D eigenvalue weighted by molar-refractivity contribution is 0.246. The van der Waals surface area contributed by atoms with Gasteiger partial charge in [-0.15, -0.1) is 11.3 Å². The molecule has 3 nitrogen and oxygen atoms in total. The van der Waals surface area contributed by atoms with Crippen molar-refractivity contribution in [3.63, 3.8) is 0 Å². The highest BCUT2D eigenvalue weighted by molar-refractivity contribution is 7.11. The van der Waals surface area contributed by atoms with E-state index < -0.39 is 0 Å². The molecule has 2 aromatic rings. The van der Waals surface area contributed by atoms with Crippen molar-refractivity contribution < 1.29 is 0 Å². The Kier molecular flexibility index (Phi) is 3.39. The monoisotopic (exact) mass is 259 g/mol. The first-order valence-electron chi connectivity index (χ1n) is 6.38. The standard InChI is InChI=1S/C14H17N3S/c1-11-4-5-12(18-11)10-17-8-2-3-14(17)13-9-15-6-7-16-13/h4-7,9,14H,2-3,8,10H2,1H3/t14-/m0/s1. The Morgan fingerprint density at radius 1 is 1.39 bits per heavy atom. The summed E-state index contributed by atoms with van der Waals surface area (Å²) in [6.45, 7) is 4.37. The molecule has 3 heterocycles. The summed E-state index contributed by atoms with van der Waals surface area (Å²) in [5.74, 6) is 0. The van der Waals surface area contributed by atoms with Crippen LogP contribution in [0.2, 0.25) is 0 Å². The highest BCUT2D eigenvalue weighted by Gasteiger charge is 2.27. The van der Waals surface area contributed by atoms with Crippen LogP contribution in [0.4, 0.5) is 0 Å². The number of thiophene rings is 1. The van der Waals surface area contributed by atoms with Gasteiger partial charge in [0, 0.05) is 34.9 Å². The number of likely N-dealkylation sites (tertiary alicyclic amines) is 1. The number of aromatic nitrogens is 2. The van der Waals surface area contributed by atoms with Gasteiger partial charge in [-0.05, 0) is 38.4 Å². The maximum absolute atomic E-state index is 4.46. The third-order valence-electron chi connectivity index (χ3n) is 3.44. The van der Waals surface area contributed by atoms with Gasteiger partial charge in [0.15, 0.2) is 0 Å². The molecule has 0 amide bonds. The second-order valence-corrected chi connectivity index (χ2v) is 6.14. The Morgan fingerprint density at radius 2 is 2.33 bits per heavy atom. The Hall–Kier alpha value is -1.26. The quantitative estimate of drug-likeness (QED) is 0.847. The SMILES string of the molecule is Cc1ccc(CN2CCC[C@H]2c2cnccn2)s1. The summed E-state index contributed by atoms with van der Waals surface area (Å²) >= 11 is 1.89. The van der Waals surface area contributed by atoms with Crippen LogP contribution in [0.5, 0.6) is 0 Å². The number of aryl methyl sites for hydroxylation is 1. The van der Waals surface area contributed by atoms with Gasteiger partial charge in [0.1, 0.15) is 0 Å². The molecule has 3 rings (SSSR count). The third kappa shape index (κ3) is 2.44. The average Bonchev–Trinajstić information content (AvgIpc) is 3.00. The Labute approximate surface area is 112 Å². The molecule has 2 aromatic heterocycles. The first-order valence-corrected chi connectivity index (χ1v) is 7.20. The zero-order valence-corrected chi connectivity index (χ0v) is 11.4. The van der Waals surface area contributed by atoms with Gasteiger partial charge in [0.25, 0.3) is 0 Å². The second kappa shape index (κ2) is 5.16. The molecular formula is C14H17N3S. The van der Waals surface area contributed by atoms with Crippen LogP contribution in [0, 0.1) is 6.92 Å². The summed E-state index contributed by atoms with van der Waals surface area (Å²) in [5, 5.41) is 0. The predicted molar refractivity (Wildman–Crippen MR) is 73.5 cm³/mol. The van der Waals surface area contributed by atoms with E-state index in [0.717, 1.165) is 18.8 Å². The van der Waals surface area contributed by atoms with Crippen LogP contribution < -0.4 is 0 Å². The first kappa shape index (κ1) is 11.8. The summed E-state index contributed by atoms with van der Waals surface area (Å²) in [4.78, 5) is 14.0. The molecule has 0 spiro atoms. The molecule has 94 valence electrons. The zero-order chi connectivity index (χ0) is 12.4. The molecule has 1 saturated heterocycles. The van der Waals surface area contributed by atoms with E-state index in [9.17, 15) is 0 Å². The molecule has 1 atom stereocenters. The number of nitrogens with zero attached hydrogens (tertiary/aromatic N) is 3. The molecule has 0 bridgehead atoms. The van der Waals surface area contributed by atoms with E-state index in [2.05, 4.69) is 33.9 Å². The van der Waals surface area contributed by atoms with Crippen molar-refractivity contribution >= 4 is 11.3 Å². The maximum atomic E-state index is 4.46. The molecule has 0 saturated carbocycles. The summed E-state index contributed by atoms with van der Waals surface area (Å²) in [5.41, 5.74) is 1.11. The van der Waals surface area contributed by atoms with Crippen LogP contribution in [-0.2, 0) is 6.54 Å². The molecule has 4 heteroatoms. The zero-order valence-electron chi connectivity index (χ0n) is 10.5. The van der Waals surface area contributed by atoms with Gasteiger partial charge in [0.05, 0.1) is 11.7 Å². The molecule has 18 heavy (non-hydrogen) atoms. The molecular weight excluding hydrogens is 242 g/mol. The van der Waals surface area contributed by atoms with Crippen LogP contribution in [0.3, 0.4) is 0 Å². The topological polar surface area (TPSA) is 29.0 Å². The predicted octanol–water partition coefficient (Wildman–Crippen LogP) is 3.18. The maximum Gasteiger partial charge on any atom is 0.0758 e. The minimum atomic E-state index is 0.445. The molecule has 0 aromatic carbocycles. The van der Waals surface area contributed by atoms with Gasteiger partial charge in [-0.1, -0.05) is 0 Å². The van der Waals surface area contributed by atoms with Crippen molar-refractivity contribution in [2.24, 2.45) is 0 Å². The number of hydrogen-bond donors (Lipinski definition) is 0. The van der Waals surface area contributed by atoms with Crippen LogP contribution in [0.25, 0.3) is 0 Å². The van der Waals surface area contributed by atoms with Crippen molar-refractivity contribution in [1.82, 2.24) is 14.9 Å². The van der Waals surface area contributed by atoms with Gasteiger partial charge < -0.3 is 0 Å². The van der Waals surface area contributed by atoms with Gasteiger partial charge in [-0.3, -0.25) is 14.9 Å². The van der Waals surface area contributed by atoms with Crippen molar-refractivity contribution in [2.45, 2.75) is 32.4 Å². The number of hydrogen-bond acceptors (Lipinski definition) is 4. The Bertz CT molecular complexity index is 509. The van der Waals surface area contributed by atoms with E-state index >= 15 is 0 Å². The highest BCUT2D eigenvalue weighted by atomic mass is 32.1. The normalized spacial score (nSPS) is 20.4. The largest absolute Gasteiger partial charge is 0.290 e. The van der Waals surface area contributed by atoms with Crippen LogP contribution >= 0.6 is 11.3 Å². The second-order valence-electron chi connectivity index (χ2n) is 4.77. The fourth-order valence-corrected chi connectivity index (χ4v) is 3.52. The summed E-state index contributed by atoms with van der Waals surface area (Å²) in [7, 11) is 0. The Morgan fingerprint density at radius 3 is 3.06 bits per heavy atom. The van der Waals surface area contributed by atoms with E-state index in [1.165, 1.54) is 22.6 Å². The fraction of sp³-hybridized carbons (Fsp3) is 0.429. The van der Waals surface area contributed by atoms with Crippen molar-refractivity contribution in [1.29, 1.82) is 0 Å². The fourth-order valence-electron chi connectivity index (χ4n) is 2.60. The van der Waals surface area contributed by atoms with E-state index in [-0.39, 0.29) is 0 Å². The summed E-state index contributed by atoms with van der Waals surface area (Å²) < 4.78 is 0. The van der Waals surface area contributed by atoms with E-state index in [1.54, 1.807) is 12.4 Å². The van der Waals surface area contributed by atoms with Crippen LogP contribution in [0.15, 0.2) is 30.7 Å². The highest BCUT2D eigenvalue weighted by Crippen LogP contribution is 2.32. The average molecular weight is 259 g/mol. The lowest BCUT2D eigenvalue weighted by Gasteiger charge is -2.22. The van der Waals surface area contributed by atoms with Crippen LogP contribution in [-0.4, -0.2) is 21.4 Å². The van der Waals surface area contributed by atoms with Crippen molar-refractivity contribution in [2.75, 3.05) is 6.54 Å². The lowest BCUT2D eigenvalue weighted by atomic mass is 10.1. The molecule has 0 aliphatic carbocycles. The molecule has 1 aliphatic heterocycles. The van der Waals surface area contributed by atoms with Gasteiger partial charge in [0.2, 0.25) is 0 Å². The van der Waals surface area contributed by atoms with E-state index in [4.69, 9.17) is 0 Å². The third-order valence-corrected chi connectivity index (χ3v) is 4.43. The molecule has 0 unspecified atom stereocenters. The van der Waals surface area contributed by atoms with E-state index in [1.807, 2.05) is 17.5 Å².